The lowest BCUT2D eigenvalue weighted by Gasteiger charge is -2.25. The summed E-state index contributed by atoms with van der Waals surface area (Å²) < 4.78 is 28.5. The van der Waals surface area contributed by atoms with Crippen LogP contribution < -0.4 is 16.0 Å². The van der Waals surface area contributed by atoms with Gasteiger partial charge in [-0.2, -0.15) is 10.2 Å². The van der Waals surface area contributed by atoms with Crippen LogP contribution in [0.3, 0.4) is 0 Å². The Morgan fingerprint density at radius 2 is 1.77 bits per heavy atom. The van der Waals surface area contributed by atoms with Crippen LogP contribution in [0.2, 0.25) is 0 Å². The van der Waals surface area contributed by atoms with Gasteiger partial charge in [-0.05, 0) is 51.8 Å². The first-order valence-electron chi connectivity index (χ1n) is 13.1. The fourth-order valence-corrected chi connectivity index (χ4v) is 5.97. The maximum Gasteiger partial charge on any atom is 0.332 e. The molecule has 4 aromatic rings. The molecule has 0 aliphatic carbocycles. The van der Waals surface area contributed by atoms with Gasteiger partial charge in [0, 0.05) is 17.5 Å². The van der Waals surface area contributed by atoms with Crippen molar-refractivity contribution in [3.8, 4) is 10.8 Å². The number of aromatic nitrogens is 5. The third-order valence-electron chi connectivity index (χ3n) is 6.60. The lowest BCUT2D eigenvalue weighted by atomic mass is 10.0. The number of ether oxygens (including phenoxy) is 2. The summed E-state index contributed by atoms with van der Waals surface area (Å²) in [7, 11) is 1.47. The third kappa shape index (κ3) is 5.64. The molecule has 0 amide bonds. The van der Waals surface area contributed by atoms with E-state index in [9.17, 15) is 18.8 Å². The Balaban J connectivity index is 2.01. The Bertz CT molecular complexity index is 1640. The molecule has 3 aromatic heterocycles. The zero-order valence-electron chi connectivity index (χ0n) is 23.7. The second-order valence-electron chi connectivity index (χ2n) is 10.4. The minimum atomic E-state index is -0.989. The van der Waals surface area contributed by atoms with Crippen molar-refractivity contribution >= 4 is 27.3 Å². The molecule has 214 valence electrons. The topological polar surface area (TPSA) is 110 Å². The summed E-state index contributed by atoms with van der Waals surface area (Å²) in [6.45, 7) is 10.7. The van der Waals surface area contributed by atoms with E-state index < -0.39 is 29.2 Å². The molecule has 0 aliphatic heterocycles. The first-order chi connectivity index (χ1) is 18.9. The number of carbonyl (C=O) groups excluding carboxylic acids is 1. The number of Topliss-reactive ketones (excluding diaryl/α,β-unsaturated/α-hetero) is 1. The lowest BCUT2D eigenvalue weighted by molar-refractivity contribution is -0.122. The summed E-state index contributed by atoms with van der Waals surface area (Å²) in [6, 6.07) is 3.12. The van der Waals surface area contributed by atoms with Crippen molar-refractivity contribution in [2.45, 2.75) is 72.8 Å². The number of methoxy groups -OCH3 is 1. The largest absolute Gasteiger partial charge is 0.496 e. The van der Waals surface area contributed by atoms with Crippen molar-refractivity contribution in [1.29, 1.82) is 0 Å². The summed E-state index contributed by atoms with van der Waals surface area (Å²) in [6.07, 6.45) is 2.16. The molecule has 4 rings (SSSR count). The minimum absolute atomic E-state index is 0.0567. The second-order valence-corrected chi connectivity index (χ2v) is 11.4. The van der Waals surface area contributed by atoms with Crippen molar-refractivity contribution in [2.75, 3.05) is 7.11 Å². The molecule has 3 heterocycles. The molecule has 0 aliphatic rings. The van der Waals surface area contributed by atoms with Gasteiger partial charge < -0.3 is 9.47 Å². The first-order valence-corrected chi connectivity index (χ1v) is 13.9. The van der Waals surface area contributed by atoms with E-state index in [1.807, 2.05) is 27.7 Å². The van der Waals surface area contributed by atoms with Crippen LogP contribution in [0.5, 0.6) is 5.75 Å². The number of hydrogen-bond donors (Lipinski definition) is 0. The molecular weight excluding hydrogens is 537 g/mol. The average molecular weight is 572 g/mol. The molecule has 0 saturated heterocycles. The number of hydrogen-bond acceptors (Lipinski definition) is 8. The van der Waals surface area contributed by atoms with Crippen LogP contribution in [-0.4, -0.2) is 43.1 Å². The van der Waals surface area contributed by atoms with Crippen molar-refractivity contribution in [3.63, 3.8) is 0 Å². The number of halogens is 1. The summed E-state index contributed by atoms with van der Waals surface area (Å²) in [5.74, 6) is -0.249. The van der Waals surface area contributed by atoms with Gasteiger partial charge in [-0.15, -0.1) is 4.80 Å². The van der Waals surface area contributed by atoms with Gasteiger partial charge in [0.05, 0.1) is 43.6 Å². The van der Waals surface area contributed by atoms with Crippen LogP contribution in [0.15, 0.2) is 40.2 Å². The van der Waals surface area contributed by atoms with E-state index in [0.717, 1.165) is 4.57 Å². The molecule has 10 nitrogen and oxygen atoms in total. The smallest absolute Gasteiger partial charge is 0.332 e. The Labute approximate surface area is 235 Å². The SMILES string of the molecule is COc1ccc(F)cc1[C@H](Cn1c(=O)n([C@H](C)C(=O)CC(C)C)c(=O)c2c(C)c(-n3nccn3)sc21)OC(C)C. The van der Waals surface area contributed by atoms with Gasteiger partial charge in [-0.25, -0.2) is 13.8 Å². The fourth-order valence-electron chi connectivity index (χ4n) is 4.75. The van der Waals surface area contributed by atoms with Crippen LogP contribution >= 0.6 is 11.3 Å². The van der Waals surface area contributed by atoms with Gasteiger partial charge in [0.15, 0.2) is 5.78 Å². The molecule has 0 fully saturated rings. The van der Waals surface area contributed by atoms with Crippen LogP contribution in [0.1, 0.15) is 64.3 Å². The maximum absolute atomic E-state index is 14.4. The van der Waals surface area contributed by atoms with Gasteiger partial charge in [-0.3, -0.25) is 14.2 Å². The molecule has 0 radical (unpaired) electrons. The monoisotopic (exact) mass is 571 g/mol. The molecular formula is C28H34FN5O5S. The van der Waals surface area contributed by atoms with Gasteiger partial charge in [0.25, 0.3) is 5.56 Å². The van der Waals surface area contributed by atoms with Gasteiger partial charge >= 0.3 is 5.69 Å². The van der Waals surface area contributed by atoms with Gasteiger partial charge in [-0.1, -0.05) is 25.2 Å². The van der Waals surface area contributed by atoms with E-state index in [1.165, 1.54) is 58.4 Å². The van der Waals surface area contributed by atoms with E-state index in [2.05, 4.69) is 10.2 Å². The van der Waals surface area contributed by atoms with E-state index >= 15 is 0 Å². The van der Waals surface area contributed by atoms with Crippen molar-refractivity contribution in [3.05, 3.63) is 68.4 Å². The molecule has 40 heavy (non-hydrogen) atoms. The quantitative estimate of drug-likeness (QED) is 0.259. The normalized spacial score (nSPS) is 13.3. The third-order valence-corrected chi connectivity index (χ3v) is 7.89. The molecule has 1 aromatic carbocycles. The number of ketones is 1. The highest BCUT2D eigenvalue weighted by Gasteiger charge is 2.29. The van der Waals surface area contributed by atoms with Crippen LogP contribution in [0.4, 0.5) is 4.39 Å². The zero-order chi connectivity index (χ0) is 29.3. The van der Waals surface area contributed by atoms with E-state index in [0.29, 0.717) is 26.7 Å². The maximum atomic E-state index is 14.4. The highest BCUT2D eigenvalue weighted by Crippen LogP contribution is 2.34. The number of aryl methyl sites for hydroxylation is 1. The number of thiophene rings is 1. The molecule has 0 N–H and O–H groups in total. The van der Waals surface area contributed by atoms with Crippen molar-refractivity contribution in [1.82, 2.24) is 24.1 Å². The Morgan fingerprint density at radius 1 is 1.10 bits per heavy atom. The van der Waals surface area contributed by atoms with E-state index in [1.54, 1.807) is 13.8 Å². The van der Waals surface area contributed by atoms with Crippen molar-refractivity contribution in [2.24, 2.45) is 5.92 Å². The Hall–Kier alpha value is -3.64. The number of carbonyl (C=O) groups is 1. The molecule has 12 heteroatoms. The first kappa shape index (κ1) is 29.3. The van der Waals surface area contributed by atoms with Crippen LogP contribution in [0.25, 0.3) is 15.2 Å². The molecule has 0 spiro atoms. The summed E-state index contributed by atoms with van der Waals surface area (Å²) >= 11 is 1.19. The summed E-state index contributed by atoms with van der Waals surface area (Å²) in [5, 5.41) is 9.26. The fraction of sp³-hybridized carbons (Fsp3) is 0.464. The Kier molecular flexibility index (Phi) is 8.69. The number of benzene rings is 1. The molecule has 0 unspecified atom stereocenters. The second kappa shape index (κ2) is 11.8. The Morgan fingerprint density at radius 3 is 2.38 bits per heavy atom. The molecule has 0 bridgehead atoms. The lowest BCUT2D eigenvalue weighted by Crippen LogP contribution is -2.44. The van der Waals surface area contributed by atoms with E-state index in [4.69, 9.17) is 9.47 Å². The number of rotatable bonds is 11. The highest BCUT2D eigenvalue weighted by molar-refractivity contribution is 7.21. The van der Waals surface area contributed by atoms with E-state index in [-0.39, 0.29) is 36.2 Å². The van der Waals surface area contributed by atoms with Gasteiger partial charge in [0.1, 0.15) is 27.5 Å². The van der Waals surface area contributed by atoms with Crippen molar-refractivity contribution < 1.29 is 18.7 Å². The molecule has 0 saturated carbocycles. The average Bonchev–Trinajstić information content (AvgIpc) is 3.53. The zero-order valence-corrected chi connectivity index (χ0v) is 24.5. The van der Waals surface area contributed by atoms with Gasteiger partial charge in [0.2, 0.25) is 0 Å². The number of nitrogens with zero attached hydrogens (tertiary/aromatic N) is 5. The summed E-state index contributed by atoms with van der Waals surface area (Å²) in [5.41, 5.74) is -0.217. The standard InChI is InChI=1S/C28H34FN5O5S/c1-15(2)12-21(35)18(6)33-25(36)24-17(5)26(34-30-10-11-31-34)40-27(24)32(28(33)37)14-23(39-16(3)4)20-13-19(29)8-9-22(20)38-7/h8-11,13,15-16,18,23H,12,14H2,1-7H3/t18-,23+/m1/s1. The van der Waals surface area contributed by atoms with Crippen LogP contribution in [0, 0.1) is 18.7 Å². The highest BCUT2D eigenvalue weighted by atomic mass is 32.1. The predicted octanol–water partition coefficient (Wildman–Crippen LogP) is 4.60. The predicted molar refractivity (Wildman–Crippen MR) is 151 cm³/mol. The summed E-state index contributed by atoms with van der Waals surface area (Å²) in [4.78, 5) is 42.8. The van der Waals surface area contributed by atoms with Crippen LogP contribution in [-0.2, 0) is 16.1 Å². The number of fused-ring (bicyclic) bond motifs is 1. The molecule has 2 atom stereocenters. The minimum Gasteiger partial charge on any atom is -0.496 e.